The number of hydrogen-bond donors (Lipinski definition) is 2. The minimum atomic E-state index is -3.62. The molecule has 1 aromatic carbocycles. The summed E-state index contributed by atoms with van der Waals surface area (Å²) in [4.78, 5) is 11.4. The summed E-state index contributed by atoms with van der Waals surface area (Å²) in [6.45, 7) is 3.81. The summed E-state index contributed by atoms with van der Waals surface area (Å²) in [5.41, 5.74) is 1.28. The van der Waals surface area contributed by atoms with Gasteiger partial charge < -0.3 is 10.1 Å². The summed E-state index contributed by atoms with van der Waals surface area (Å²) >= 11 is 0. The highest BCUT2D eigenvalue weighted by molar-refractivity contribution is 7.89. The highest BCUT2D eigenvalue weighted by Gasteiger charge is 2.26. The monoisotopic (exact) mass is 312 g/mol. The molecule has 1 unspecified atom stereocenters. The lowest BCUT2D eigenvalue weighted by Crippen LogP contribution is -2.47. The fourth-order valence-corrected chi connectivity index (χ4v) is 4.29. The van der Waals surface area contributed by atoms with Gasteiger partial charge in [-0.1, -0.05) is 0 Å². The third-order valence-electron chi connectivity index (χ3n) is 3.53. The first kappa shape index (κ1) is 15.8. The second-order valence-corrected chi connectivity index (χ2v) is 6.90. The molecular weight excluding hydrogens is 292 g/mol. The molecular formula is C14H20N2O4S. The average molecular weight is 312 g/mol. The zero-order valence-electron chi connectivity index (χ0n) is 12.4. The first-order valence-electron chi connectivity index (χ1n) is 6.78. The summed E-state index contributed by atoms with van der Waals surface area (Å²) in [5, 5.41) is 2.67. The third-order valence-corrected chi connectivity index (χ3v) is 5.35. The van der Waals surface area contributed by atoms with Crippen LogP contribution in [0.4, 0.5) is 0 Å². The van der Waals surface area contributed by atoms with Crippen molar-refractivity contribution in [2.24, 2.45) is 0 Å². The van der Waals surface area contributed by atoms with Crippen LogP contribution >= 0.6 is 0 Å². The van der Waals surface area contributed by atoms with E-state index in [1.165, 1.54) is 0 Å². The fraction of sp³-hybridized carbons (Fsp3) is 0.500. The fourth-order valence-electron chi connectivity index (χ4n) is 2.56. The maximum Gasteiger partial charge on any atom is 0.241 e. The zero-order valence-corrected chi connectivity index (χ0v) is 13.2. The maximum absolute atomic E-state index is 12.6. The van der Waals surface area contributed by atoms with E-state index in [-0.39, 0.29) is 16.8 Å². The highest BCUT2D eigenvalue weighted by Crippen LogP contribution is 2.26. The van der Waals surface area contributed by atoms with E-state index >= 15 is 0 Å². The summed E-state index contributed by atoms with van der Waals surface area (Å²) in [6, 6.07) is 3.13. The van der Waals surface area contributed by atoms with E-state index in [4.69, 9.17) is 4.74 Å². The van der Waals surface area contributed by atoms with Crippen molar-refractivity contribution in [3.05, 3.63) is 23.3 Å². The lowest BCUT2D eigenvalue weighted by molar-refractivity contribution is -0.122. The number of ether oxygens (including phenoxy) is 1. The van der Waals surface area contributed by atoms with E-state index in [9.17, 15) is 13.2 Å². The quantitative estimate of drug-likeness (QED) is 0.864. The molecule has 1 saturated heterocycles. The number of sulfonamides is 1. The zero-order chi connectivity index (χ0) is 15.6. The van der Waals surface area contributed by atoms with Gasteiger partial charge in [-0.2, -0.15) is 0 Å². The van der Waals surface area contributed by atoms with Gasteiger partial charge in [-0.05, 0) is 43.5 Å². The van der Waals surface area contributed by atoms with Crippen molar-refractivity contribution < 1.29 is 17.9 Å². The molecule has 1 fully saturated rings. The van der Waals surface area contributed by atoms with Gasteiger partial charge in [0.1, 0.15) is 5.75 Å². The van der Waals surface area contributed by atoms with Gasteiger partial charge >= 0.3 is 0 Å². The Balaban J connectivity index is 2.25. The van der Waals surface area contributed by atoms with E-state index in [1.54, 1.807) is 33.1 Å². The van der Waals surface area contributed by atoms with E-state index in [1.807, 2.05) is 0 Å². The number of amides is 1. The van der Waals surface area contributed by atoms with Crippen LogP contribution in [0.3, 0.4) is 0 Å². The largest absolute Gasteiger partial charge is 0.497 e. The van der Waals surface area contributed by atoms with E-state index in [0.717, 1.165) is 0 Å². The van der Waals surface area contributed by atoms with Crippen LogP contribution in [0.15, 0.2) is 17.0 Å². The SMILES string of the molecule is COc1cc(C)c(S(=O)(=O)NC2CCC(=O)NC2)c(C)c1. The molecule has 2 N–H and O–H groups in total. The Morgan fingerprint density at radius 3 is 2.38 bits per heavy atom. The number of rotatable bonds is 4. The molecule has 1 heterocycles. The Morgan fingerprint density at radius 1 is 1.29 bits per heavy atom. The Morgan fingerprint density at radius 2 is 1.90 bits per heavy atom. The molecule has 6 nitrogen and oxygen atoms in total. The van der Waals surface area contributed by atoms with Gasteiger partial charge in [0.15, 0.2) is 0 Å². The minimum Gasteiger partial charge on any atom is -0.497 e. The number of nitrogens with one attached hydrogen (secondary N) is 2. The first-order chi connectivity index (χ1) is 9.83. The Labute approximate surface area is 124 Å². The Bertz CT molecular complexity index is 622. The lowest BCUT2D eigenvalue weighted by Gasteiger charge is -2.24. The molecule has 0 bridgehead atoms. The molecule has 1 amide bonds. The van der Waals surface area contributed by atoms with Crippen molar-refractivity contribution in [2.45, 2.75) is 37.6 Å². The molecule has 2 rings (SSSR count). The van der Waals surface area contributed by atoms with Crippen LogP contribution < -0.4 is 14.8 Å². The number of hydrogen-bond acceptors (Lipinski definition) is 4. The van der Waals surface area contributed by atoms with Crippen molar-refractivity contribution >= 4 is 15.9 Å². The first-order valence-corrected chi connectivity index (χ1v) is 8.26. The van der Waals surface area contributed by atoms with Crippen LogP contribution in [0.2, 0.25) is 0 Å². The smallest absolute Gasteiger partial charge is 0.241 e. The molecule has 0 spiro atoms. The van der Waals surface area contributed by atoms with Crippen LogP contribution in [0.1, 0.15) is 24.0 Å². The van der Waals surface area contributed by atoms with Gasteiger partial charge in [0.25, 0.3) is 0 Å². The Kier molecular flexibility index (Phi) is 4.53. The summed E-state index contributed by atoms with van der Waals surface area (Å²) in [5.74, 6) is 0.594. The predicted octanol–water partition coefficient (Wildman–Crippen LogP) is 0.869. The van der Waals surface area contributed by atoms with Crippen molar-refractivity contribution in [1.82, 2.24) is 10.0 Å². The van der Waals surface area contributed by atoms with Crippen molar-refractivity contribution in [3.8, 4) is 5.75 Å². The van der Waals surface area contributed by atoms with Gasteiger partial charge in [-0.15, -0.1) is 0 Å². The van der Waals surface area contributed by atoms with Gasteiger partial charge in [0.05, 0.1) is 12.0 Å². The highest BCUT2D eigenvalue weighted by atomic mass is 32.2. The van der Waals surface area contributed by atoms with Gasteiger partial charge in [0, 0.05) is 19.0 Å². The summed E-state index contributed by atoms with van der Waals surface area (Å²) in [6.07, 6.45) is 0.854. The summed E-state index contributed by atoms with van der Waals surface area (Å²) in [7, 11) is -2.07. The van der Waals surface area contributed by atoms with Crippen LogP contribution in [0.5, 0.6) is 5.75 Å². The topological polar surface area (TPSA) is 84.5 Å². The second kappa shape index (κ2) is 6.03. The Hall–Kier alpha value is -1.60. The number of aryl methyl sites for hydroxylation is 2. The third kappa shape index (κ3) is 3.54. The maximum atomic E-state index is 12.6. The molecule has 0 radical (unpaired) electrons. The van der Waals surface area contributed by atoms with Crippen LogP contribution in [0, 0.1) is 13.8 Å². The number of carbonyl (C=O) groups is 1. The van der Waals surface area contributed by atoms with Crippen LogP contribution in [-0.4, -0.2) is 34.0 Å². The molecule has 0 aromatic heterocycles. The van der Waals surface area contributed by atoms with E-state index in [2.05, 4.69) is 10.0 Å². The van der Waals surface area contributed by atoms with E-state index < -0.39 is 10.0 Å². The molecule has 0 saturated carbocycles. The normalized spacial score (nSPS) is 19.2. The van der Waals surface area contributed by atoms with Crippen molar-refractivity contribution in [2.75, 3.05) is 13.7 Å². The van der Waals surface area contributed by atoms with Gasteiger partial charge in [-0.25, -0.2) is 13.1 Å². The number of carbonyl (C=O) groups excluding carboxylic acids is 1. The molecule has 21 heavy (non-hydrogen) atoms. The van der Waals surface area contributed by atoms with Crippen molar-refractivity contribution in [1.29, 1.82) is 0 Å². The lowest BCUT2D eigenvalue weighted by atomic mass is 10.1. The van der Waals surface area contributed by atoms with Crippen LogP contribution in [0.25, 0.3) is 0 Å². The minimum absolute atomic E-state index is 0.0396. The van der Waals surface area contributed by atoms with Crippen LogP contribution in [-0.2, 0) is 14.8 Å². The molecule has 0 aliphatic carbocycles. The molecule has 116 valence electrons. The number of benzene rings is 1. The molecule has 1 aromatic rings. The molecule has 1 aliphatic heterocycles. The molecule has 7 heteroatoms. The molecule has 1 atom stereocenters. The standard InChI is InChI=1S/C14H20N2O4S/c1-9-6-12(20-3)7-10(2)14(9)21(18,19)16-11-4-5-13(17)15-8-11/h6-7,11,16H,4-5,8H2,1-3H3,(H,15,17). The van der Waals surface area contributed by atoms with Gasteiger partial charge in [0.2, 0.25) is 15.9 Å². The predicted molar refractivity (Wildman–Crippen MR) is 78.8 cm³/mol. The van der Waals surface area contributed by atoms with Crippen molar-refractivity contribution in [3.63, 3.8) is 0 Å². The summed E-state index contributed by atoms with van der Waals surface area (Å²) < 4.78 is 32.9. The second-order valence-electron chi connectivity index (χ2n) is 5.25. The number of piperidine rings is 1. The average Bonchev–Trinajstić information content (AvgIpc) is 2.39. The van der Waals surface area contributed by atoms with Gasteiger partial charge in [-0.3, -0.25) is 4.79 Å². The molecule has 1 aliphatic rings. The number of methoxy groups -OCH3 is 1. The van der Waals surface area contributed by atoms with E-state index in [0.29, 0.717) is 36.3 Å².